The third-order valence-electron chi connectivity index (χ3n) is 2.57. The van der Waals surface area contributed by atoms with E-state index in [-0.39, 0.29) is 0 Å². The number of tetrazole rings is 1. The normalized spacial score (nSPS) is 10.3. The molecule has 7 nitrogen and oxygen atoms in total. The van der Waals surface area contributed by atoms with Crippen LogP contribution in [0.3, 0.4) is 0 Å². The van der Waals surface area contributed by atoms with Crippen molar-refractivity contribution in [1.82, 2.24) is 30.2 Å². The summed E-state index contributed by atoms with van der Waals surface area (Å²) in [5.74, 6) is 0. The van der Waals surface area contributed by atoms with E-state index < -0.39 is 0 Å². The second kappa shape index (κ2) is 5.21. The molecule has 2 aromatic heterocycles. The van der Waals surface area contributed by atoms with E-state index in [0.29, 0.717) is 6.54 Å². The van der Waals surface area contributed by atoms with Gasteiger partial charge in [0.2, 0.25) is 0 Å². The van der Waals surface area contributed by atoms with Crippen LogP contribution in [0.15, 0.2) is 49.3 Å². The molecule has 0 fully saturated rings. The number of aromatic nitrogens is 6. The fraction of sp³-hybridized carbons (Fsp3) is 0.0833. The summed E-state index contributed by atoms with van der Waals surface area (Å²) < 4.78 is 1.61. The lowest BCUT2D eigenvalue weighted by Crippen LogP contribution is -2.02. The van der Waals surface area contributed by atoms with Gasteiger partial charge in [0.15, 0.2) is 0 Å². The summed E-state index contributed by atoms with van der Waals surface area (Å²) in [4.78, 5) is 7.95. The van der Waals surface area contributed by atoms with Gasteiger partial charge in [-0.1, -0.05) is 6.07 Å². The maximum atomic E-state index is 3.97. The SMILES string of the molecule is c1cc(NCc2cncnc2)cc(-n2cnnn2)c1. The first-order valence-electron chi connectivity index (χ1n) is 5.73. The summed E-state index contributed by atoms with van der Waals surface area (Å²) in [7, 11) is 0. The Hall–Kier alpha value is -2.83. The Bertz CT molecular complexity index is 636. The summed E-state index contributed by atoms with van der Waals surface area (Å²) in [6, 6.07) is 7.84. The molecule has 0 amide bonds. The fourth-order valence-corrected chi connectivity index (χ4v) is 1.66. The zero-order valence-corrected chi connectivity index (χ0v) is 10.0. The van der Waals surface area contributed by atoms with Gasteiger partial charge in [0, 0.05) is 30.2 Å². The van der Waals surface area contributed by atoms with Crippen LogP contribution in [0.4, 0.5) is 5.69 Å². The van der Waals surface area contributed by atoms with Gasteiger partial charge in [-0.15, -0.1) is 5.10 Å². The highest BCUT2D eigenvalue weighted by Crippen LogP contribution is 2.14. The zero-order valence-electron chi connectivity index (χ0n) is 10.0. The summed E-state index contributed by atoms with van der Waals surface area (Å²) >= 11 is 0. The number of hydrogen-bond donors (Lipinski definition) is 1. The van der Waals surface area contributed by atoms with Crippen LogP contribution in [-0.4, -0.2) is 30.2 Å². The van der Waals surface area contributed by atoms with Gasteiger partial charge in [-0.05, 0) is 28.6 Å². The highest BCUT2D eigenvalue weighted by atomic mass is 15.5. The van der Waals surface area contributed by atoms with Crippen LogP contribution in [0.2, 0.25) is 0 Å². The van der Waals surface area contributed by atoms with Crippen LogP contribution in [0, 0.1) is 0 Å². The maximum absolute atomic E-state index is 3.97. The van der Waals surface area contributed by atoms with Gasteiger partial charge in [0.05, 0.1) is 5.69 Å². The molecule has 3 rings (SSSR count). The van der Waals surface area contributed by atoms with E-state index in [4.69, 9.17) is 0 Å². The van der Waals surface area contributed by atoms with Crippen LogP contribution in [0.5, 0.6) is 0 Å². The zero-order chi connectivity index (χ0) is 12.9. The molecule has 3 aromatic rings. The fourth-order valence-electron chi connectivity index (χ4n) is 1.66. The molecular formula is C12H11N7. The molecule has 94 valence electrons. The van der Waals surface area contributed by atoms with E-state index in [9.17, 15) is 0 Å². The topological polar surface area (TPSA) is 81.4 Å². The molecular weight excluding hydrogens is 242 g/mol. The summed E-state index contributed by atoms with van der Waals surface area (Å²) in [6.45, 7) is 0.667. The molecule has 0 aliphatic rings. The number of hydrogen-bond acceptors (Lipinski definition) is 6. The summed E-state index contributed by atoms with van der Waals surface area (Å²) in [5.41, 5.74) is 2.91. The Balaban J connectivity index is 1.74. The molecule has 0 aliphatic carbocycles. The number of anilines is 1. The molecule has 0 bridgehead atoms. The monoisotopic (exact) mass is 253 g/mol. The Morgan fingerprint density at radius 1 is 1.16 bits per heavy atom. The van der Waals surface area contributed by atoms with Crippen LogP contribution in [0.25, 0.3) is 5.69 Å². The van der Waals surface area contributed by atoms with Crippen molar-refractivity contribution in [2.24, 2.45) is 0 Å². The Morgan fingerprint density at radius 2 is 2.05 bits per heavy atom. The van der Waals surface area contributed by atoms with Crippen LogP contribution in [0.1, 0.15) is 5.56 Å². The minimum absolute atomic E-state index is 0.667. The minimum Gasteiger partial charge on any atom is -0.381 e. The minimum atomic E-state index is 0.667. The lowest BCUT2D eigenvalue weighted by molar-refractivity contribution is 0.789. The molecule has 7 heteroatoms. The smallest absolute Gasteiger partial charge is 0.143 e. The predicted molar refractivity (Wildman–Crippen MR) is 68.5 cm³/mol. The van der Waals surface area contributed by atoms with Gasteiger partial charge < -0.3 is 5.32 Å². The van der Waals surface area contributed by atoms with Crippen molar-refractivity contribution in [3.05, 3.63) is 54.9 Å². The van der Waals surface area contributed by atoms with Crippen LogP contribution < -0.4 is 5.32 Å². The van der Waals surface area contributed by atoms with Crippen molar-refractivity contribution in [2.45, 2.75) is 6.54 Å². The molecule has 0 spiro atoms. The predicted octanol–water partition coefficient (Wildman–Crippen LogP) is 1.06. The van der Waals surface area contributed by atoms with Gasteiger partial charge in [-0.2, -0.15) is 0 Å². The Labute approximate surface area is 109 Å². The van der Waals surface area contributed by atoms with E-state index in [1.165, 1.54) is 6.33 Å². The average molecular weight is 253 g/mol. The van der Waals surface area contributed by atoms with Gasteiger partial charge in [0.25, 0.3) is 0 Å². The molecule has 0 aliphatic heterocycles. The van der Waals surface area contributed by atoms with Crippen LogP contribution in [-0.2, 0) is 6.54 Å². The van der Waals surface area contributed by atoms with Gasteiger partial charge in [0.1, 0.15) is 12.7 Å². The van der Waals surface area contributed by atoms with Crippen molar-refractivity contribution < 1.29 is 0 Å². The quantitative estimate of drug-likeness (QED) is 0.748. The Kier molecular flexibility index (Phi) is 3.09. The van der Waals surface area contributed by atoms with E-state index >= 15 is 0 Å². The molecule has 1 aromatic carbocycles. The Morgan fingerprint density at radius 3 is 2.84 bits per heavy atom. The second-order valence-electron chi connectivity index (χ2n) is 3.91. The van der Waals surface area contributed by atoms with Gasteiger partial charge >= 0.3 is 0 Å². The largest absolute Gasteiger partial charge is 0.381 e. The molecule has 0 unspecified atom stereocenters. The summed E-state index contributed by atoms with van der Waals surface area (Å²) in [5, 5.41) is 14.4. The van der Waals surface area contributed by atoms with E-state index in [2.05, 4.69) is 30.8 Å². The maximum Gasteiger partial charge on any atom is 0.143 e. The lowest BCUT2D eigenvalue weighted by atomic mass is 10.2. The van der Waals surface area contributed by atoms with Crippen molar-refractivity contribution >= 4 is 5.69 Å². The number of benzene rings is 1. The van der Waals surface area contributed by atoms with E-state index in [1.54, 1.807) is 23.4 Å². The van der Waals surface area contributed by atoms with Crippen molar-refractivity contribution in [1.29, 1.82) is 0 Å². The van der Waals surface area contributed by atoms with Crippen LogP contribution >= 0.6 is 0 Å². The first kappa shape index (κ1) is 11.3. The molecule has 19 heavy (non-hydrogen) atoms. The van der Waals surface area contributed by atoms with Crippen molar-refractivity contribution in [3.63, 3.8) is 0 Å². The standard InChI is InChI=1S/C12H11N7/c1-2-11(15-7-10-5-13-8-14-6-10)4-12(3-1)19-9-16-17-18-19/h1-6,8-9,15H,7H2. The van der Waals surface area contributed by atoms with Gasteiger partial charge in [-0.25, -0.2) is 14.6 Å². The van der Waals surface area contributed by atoms with E-state index in [1.807, 2.05) is 24.3 Å². The number of nitrogens with zero attached hydrogens (tertiary/aromatic N) is 6. The average Bonchev–Trinajstić information content (AvgIpc) is 3.01. The lowest BCUT2D eigenvalue weighted by Gasteiger charge is -2.07. The first-order valence-corrected chi connectivity index (χ1v) is 5.73. The van der Waals surface area contributed by atoms with E-state index in [0.717, 1.165) is 16.9 Å². The third kappa shape index (κ3) is 2.71. The molecule has 0 radical (unpaired) electrons. The van der Waals surface area contributed by atoms with Gasteiger partial charge in [-0.3, -0.25) is 0 Å². The van der Waals surface area contributed by atoms with Crippen molar-refractivity contribution in [3.8, 4) is 5.69 Å². The molecule has 0 atom stereocenters. The highest BCUT2D eigenvalue weighted by molar-refractivity contribution is 5.50. The molecule has 1 N–H and O–H groups in total. The first-order chi connectivity index (χ1) is 9.42. The number of rotatable bonds is 4. The second-order valence-corrected chi connectivity index (χ2v) is 3.91. The third-order valence-corrected chi connectivity index (χ3v) is 2.57. The highest BCUT2D eigenvalue weighted by Gasteiger charge is 2.00. The number of nitrogens with one attached hydrogen (secondary N) is 1. The molecule has 2 heterocycles. The summed E-state index contributed by atoms with van der Waals surface area (Å²) in [6.07, 6.45) is 6.64. The molecule has 0 saturated heterocycles. The molecule has 0 saturated carbocycles. The van der Waals surface area contributed by atoms with Crippen molar-refractivity contribution in [2.75, 3.05) is 5.32 Å².